The first-order chi connectivity index (χ1) is 15.3. The minimum atomic E-state index is -0.671. The largest absolute Gasteiger partial charge is 0.395 e. The van der Waals surface area contributed by atoms with E-state index in [1.807, 2.05) is 18.4 Å². The van der Waals surface area contributed by atoms with E-state index >= 15 is 0 Å². The monoisotopic (exact) mass is 466 g/mol. The Kier molecular flexibility index (Phi) is 6.82. The standard InChI is InChI=1S/C20H31ClN8O3/c1-20(2,18(22)31)28-5-3-26(4-6-28)13-14-23-15-16(27-8-11-32-12-9-27)24-19(21)25-17(15)29(14)7-10-30/h30H,3-13H2,1-2H3,(H2,22,31). The summed E-state index contributed by atoms with van der Waals surface area (Å²) < 4.78 is 7.39. The van der Waals surface area contributed by atoms with Gasteiger partial charge < -0.3 is 25.0 Å². The Morgan fingerprint density at radius 2 is 1.81 bits per heavy atom. The van der Waals surface area contributed by atoms with Gasteiger partial charge in [0.2, 0.25) is 11.2 Å². The van der Waals surface area contributed by atoms with Gasteiger partial charge in [-0.25, -0.2) is 4.98 Å². The molecule has 2 aromatic heterocycles. The smallest absolute Gasteiger partial charge is 0.237 e. The molecule has 11 nitrogen and oxygen atoms in total. The number of rotatable bonds is 7. The molecule has 0 unspecified atom stereocenters. The van der Waals surface area contributed by atoms with E-state index in [1.54, 1.807) is 0 Å². The molecule has 2 fully saturated rings. The van der Waals surface area contributed by atoms with Crippen molar-refractivity contribution in [2.75, 3.05) is 64.0 Å². The number of imidazole rings is 1. The highest BCUT2D eigenvalue weighted by atomic mass is 35.5. The maximum atomic E-state index is 11.8. The van der Waals surface area contributed by atoms with Crippen LogP contribution in [0.4, 0.5) is 5.82 Å². The fourth-order valence-corrected chi connectivity index (χ4v) is 4.44. The van der Waals surface area contributed by atoms with Crippen molar-refractivity contribution in [2.24, 2.45) is 5.73 Å². The number of morpholine rings is 1. The number of anilines is 1. The number of carbonyl (C=O) groups excluding carboxylic acids is 1. The molecule has 0 bridgehead atoms. The summed E-state index contributed by atoms with van der Waals surface area (Å²) >= 11 is 6.26. The maximum Gasteiger partial charge on any atom is 0.237 e. The second kappa shape index (κ2) is 9.44. The molecule has 2 saturated heterocycles. The molecule has 2 aliphatic heterocycles. The van der Waals surface area contributed by atoms with Crippen molar-refractivity contribution in [3.63, 3.8) is 0 Å². The van der Waals surface area contributed by atoms with Crippen LogP contribution in [0.2, 0.25) is 5.28 Å². The van der Waals surface area contributed by atoms with Crippen molar-refractivity contribution < 1.29 is 14.6 Å². The van der Waals surface area contributed by atoms with Gasteiger partial charge in [0.1, 0.15) is 5.82 Å². The van der Waals surface area contributed by atoms with Crippen LogP contribution in [-0.4, -0.2) is 105 Å². The summed E-state index contributed by atoms with van der Waals surface area (Å²) in [5.41, 5.74) is 6.22. The normalized spacial score (nSPS) is 19.1. The average molecular weight is 467 g/mol. The third-order valence-corrected chi connectivity index (χ3v) is 6.56. The molecule has 32 heavy (non-hydrogen) atoms. The zero-order valence-electron chi connectivity index (χ0n) is 18.6. The molecule has 176 valence electrons. The summed E-state index contributed by atoms with van der Waals surface area (Å²) in [5.74, 6) is 1.19. The number of primary amides is 1. The maximum absolute atomic E-state index is 11.8. The van der Waals surface area contributed by atoms with Gasteiger partial charge in [0, 0.05) is 45.8 Å². The van der Waals surface area contributed by atoms with Gasteiger partial charge in [-0.05, 0) is 25.4 Å². The van der Waals surface area contributed by atoms with Crippen LogP contribution in [0.25, 0.3) is 11.2 Å². The van der Waals surface area contributed by atoms with Crippen LogP contribution in [0.15, 0.2) is 0 Å². The molecule has 0 aromatic carbocycles. The Morgan fingerprint density at radius 1 is 1.12 bits per heavy atom. The van der Waals surface area contributed by atoms with Crippen LogP contribution in [0.1, 0.15) is 19.7 Å². The zero-order chi connectivity index (χ0) is 22.9. The lowest BCUT2D eigenvalue weighted by Gasteiger charge is -2.42. The summed E-state index contributed by atoms with van der Waals surface area (Å²) in [7, 11) is 0. The van der Waals surface area contributed by atoms with Gasteiger partial charge in [0.05, 0.1) is 31.9 Å². The van der Waals surface area contributed by atoms with Gasteiger partial charge in [-0.15, -0.1) is 0 Å². The third-order valence-electron chi connectivity index (χ3n) is 6.39. The van der Waals surface area contributed by atoms with E-state index in [0.717, 1.165) is 32.0 Å². The molecule has 4 rings (SSSR count). The van der Waals surface area contributed by atoms with Gasteiger partial charge >= 0.3 is 0 Å². The molecule has 4 heterocycles. The van der Waals surface area contributed by atoms with Crippen molar-refractivity contribution in [3.05, 3.63) is 11.1 Å². The lowest BCUT2D eigenvalue weighted by Crippen LogP contribution is -2.59. The van der Waals surface area contributed by atoms with Crippen LogP contribution in [0, 0.1) is 0 Å². The molecule has 0 atom stereocenters. The van der Waals surface area contributed by atoms with E-state index in [2.05, 4.69) is 24.7 Å². The number of aliphatic hydroxyl groups excluding tert-OH is 1. The molecular formula is C20H31ClN8O3. The highest BCUT2D eigenvalue weighted by molar-refractivity contribution is 6.28. The van der Waals surface area contributed by atoms with E-state index in [9.17, 15) is 9.90 Å². The number of nitrogens with two attached hydrogens (primary N) is 1. The quantitative estimate of drug-likeness (QED) is 0.528. The number of hydrogen-bond donors (Lipinski definition) is 2. The Balaban J connectivity index is 1.59. The first-order valence-corrected chi connectivity index (χ1v) is 11.3. The summed E-state index contributed by atoms with van der Waals surface area (Å²) in [6.45, 7) is 10.4. The minimum absolute atomic E-state index is 0.0342. The Labute approximate surface area is 192 Å². The van der Waals surface area contributed by atoms with E-state index in [0.29, 0.717) is 56.4 Å². The van der Waals surface area contributed by atoms with Crippen LogP contribution in [0.3, 0.4) is 0 Å². The molecule has 0 radical (unpaired) electrons. The molecule has 0 aliphatic carbocycles. The predicted octanol–water partition coefficient (Wildman–Crippen LogP) is -0.310. The summed E-state index contributed by atoms with van der Waals surface area (Å²) in [6.07, 6.45) is 0. The number of halogens is 1. The third kappa shape index (κ3) is 4.53. The molecular weight excluding hydrogens is 436 g/mol. The number of aliphatic hydroxyl groups is 1. The lowest BCUT2D eigenvalue weighted by molar-refractivity contribution is -0.129. The molecule has 2 aliphatic rings. The van der Waals surface area contributed by atoms with Crippen molar-refractivity contribution in [1.82, 2.24) is 29.3 Å². The summed E-state index contributed by atoms with van der Waals surface area (Å²) in [4.78, 5) is 32.1. The fraction of sp³-hybridized carbons (Fsp3) is 0.700. The van der Waals surface area contributed by atoms with Crippen LogP contribution >= 0.6 is 11.6 Å². The molecule has 0 spiro atoms. The number of ether oxygens (including phenoxy) is 1. The molecule has 12 heteroatoms. The van der Waals surface area contributed by atoms with Crippen LogP contribution < -0.4 is 10.6 Å². The summed E-state index contributed by atoms with van der Waals surface area (Å²) in [5, 5.41) is 9.83. The minimum Gasteiger partial charge on any atom is -0.395 e. The number of carbonyl (C=O) groups is 1. The van der Waals surface area contributed by atoms with Gasteiger partial charge in [0.25, 0.3) is 0 Å². The van der Waals surface area contributed by atoms with Crippen molar-refractivity contribution in [2.45, 2.75) is 32.5 Å². The topological polar surface area (TPSA) is 126 Å². The van der Waals surface area contributed by atoms with Crippen molar-refractivity contribution in [1.29, 1.82) is 0 Å². The first-order valence-electron chi connectivity index (χ1n) is 10.9. The molecule has 1 amide bonds. The van der Waals surface area contributed by atoms with E-state index in [1.165, 1.54) is 0 Å². The van der Waals surface area contributed by atoms with E-state index in [4.69, 9.17) is 27.1 Å². The second-order valence-corrected chi connectivity index (χ2v) is 9.02. The first kappa shape index (κ1) is 23.1. The molecule has 0 saturated carbocycles. The number of hydrogen-bond acceptors (Lipinski definition) is 9. The highest BCUT2D eigenvalue weighted by Crippen LogP contribution is 2.27. The number of amides is 1. The number of aromatic nitrogens is 4. The van der Waals surface area contributed by atoms with Gasteiger partial charge in [0.15, 0.2) is 17.0 Å². The summed E-state index contributed by atoms with van der Waals surface area (Å²) in [6, 6.07) is 0. The lowest BCUT2D eigenvalue weighted by atomic mass is 10.0. The molecule has 3 N–H and O–H groups in total. The Morgan fingerprint density at radius 3 is 2.44 bits per heavy atom. The fourth-order valence-electron chi connectivity index (χ4n) is 4.28. The zero-order valence-corrected chi connectivity index (χ0v) is 19.4. The van der Waals surface area contributed by atoms with Crippen LogP contribution in [-0.2, 0) is 22.6 Å². The second-order valence-electron chi connectivity index (χ2n) is 8.68. The Hall–Kier alpha value is -2.05. The van der Waals surface area contributed by atoms with Crippen molar-refractivity contribution in [3.8, 4) is 0 Å². The SMILES string of the molecule is CC(C)(C(N)=O)N1CCN(Cc2nc3c(N4CCOCC4)nc(Cl)nc3n2CCO)CC1. The number of piperazine rings is 1. The molecule has 2 aromatic rings. The van der Waals surface area contributed by atoms with Crippen molar-refractivity contribution >= 4 is 34.5 Å². The Bertz CT molecular complexity index is 967. The van der Waals surface area contributed by atoms with Gasteiger partial charge in [-0.3, -0.25) is 14.6 Å². The van der Waals surface area contributed by atoms with Crippen LogP contribution in [0.5, 0.6) is 0 Å². The average Bonchev–Trinajstić information content (AvgIpc) is 3.11. The predicted molar refractivity (Wildman–Crippen MR) is 121 cm³/mol. The number of fused-ring (bicyclic) bond motifs is 1. The van der Waals surface area contributed by atoms with E-state index < -0.39 is 5.54 Å². The van der Waals surface area contributed by atoms with E-state index in [-0.39, 0.29) is 17.8 Å². The highest BCUT2D eigenvalue weighted by Gasteiger charge is 2.35. The van der Waals surface area contributed by atoms with Gasteiger partial charge in [-0.1, -0.05) is 0 Å². The van der Waals surface area contributed by atoms with Gasteiger partial charge in [-0.2, -0.15) is 9.97 Å². The number of nitrogens with zero attached hydrogens (tertiary/aromatic N) is 7.